The molecule has 0 aliphatic rings. The monoisotopic (exact) mass is 335 g/mol. The largest absolute Gasteiger partial charge is 0.512 e. The van der Waals surface area contributed by atoms with E-state index in [0.29, 0.717) is 16.9 Å². The molecule has 0 saturated heterocycles. The number of hydrogen-bond acceptors (Lipinski definition) is 4. The van der Waals surface area contributed by atoms with Crippen molar-refractivity contribution in [1.82, 2.24) is 5.16 Å². The molecule has 2 aromatic rings. The highest BCUT2D eigenvalue weighted by molar-refractivity contribution is 9.11. The Morgan fingerprint density at radius 3 is 2.90 bits per heavy atom. The first-order valence-corrected chi connectivity index (χ1v) is 6.79. The molecule has 0 aliphatic heterocycles. The van der Waals surface area contributed by atoms with E-state index in [-0.39, 0.29) is 18.8 Å². The van der Waals surface area contributed by atoms with Crippen molar-refractivity contribution in [2.45, 2.75) is 6.42 Å². The predicted octanol–water partition coefficient (Wildman–Crippen LogP) is 3.94. The van der Waals surface area contributed by atoms with E-state index >= 15 is 0 Å². The minimum atomic E-state index is -0.193. The van der Waals surface area contributed by atoms with Crippen molar-refractivity contribution in [3.63, 3.8) is 0 Å². The molecule has 0 amide bonds. The highest BCUT2D eigenvalue weighted by Crippen LogP contribution is 2.27. The average Bonchev–Trinajstić information content (AvgIpc) is 2.82. The summed E-state index contributed by atoms with van der Waals surface area (Å²) in [6.45, 7) is 3.77. The van der Waals surface area contributed by atoms with Crippen LogP contribution in [0.5, 0.6) is 0 Å². The molecular formula is C15H14BrNO3. The lowest BCUT2D eigenvalue weighted by Crippen LogP contribution is -1.86. The molecule has 1 aromatic carbocycles. The first-order valence-electron chi connectivity index (χ1n) is 6.00. The molecular weight excluding hydrogens is 322 g/mol. The Kier molecular flexibility index (Phi) is 4.76. The van der Waals surface area contributed by atoms with Crippen LogP contribution in [0.15, 0.2) is 57.8 Å². The van der Waals surface area contributed by atoms with Crippen LogP contribution in [0.2, 0.25) is 0 Å². The molecule has 2 rings (SSSR count). The minimum Gasteiger partial charge on any atom is -0.512 e. The van der Waals surface area contributed by atoms with Gasteiger partial charge in [0.15, 0.2) is 5.58 Å². The van der Waals surface area contributed by atoms with Crippen LogP contribution < -0.4 is 0 Å². The summed E-state index contributed by atoms with van der Waals surface area (Å²) in [5, 5.41) is 23.1. The quantitative estimate of drug-likeness (QED) is 0.641. The molecule has 0 spiro atoms. The van der Waals surface area contributed by atoms with Gasteiger partial charge in [-0.1, -0.05) is 39.8 Å². The second kappa shape index (κ2) is 6.54. The van der Waals surface area contributed by atoms with E-state index in [4.69, 9.17) is 9.63 Å². The standard InChI is InChI=1S/C15H14BrNO3/c1-10(8-11(16)9-12(19)6-7-18)15-13-4-2-3-5-14(13)20-17-15/h2-6,8,18-19H,1,7,9H2/b11-8+,12-6+. The Hall–Kier alpha value is -1.85. The zero-order valence-electron chi connectivity index (χ0n) is 10.7. The minimum absolute atomic E-state index is 0.0911. The fourth-order valence-electron chi connectivity index (χ4n) is 1.78. The number of nitrogens with zero attached hydrogens (tertiary/aromatic N) is 1. The third-order valence-corrected chi connectivity index (χ3v) is 3.20. The maximum Gasteiger partial charge on any atom is 0.167 e. The number of fused-ring (bicyclic) bond motifs is 1. The van der Waals surface area contributed by atoms with Crippen molar-refractivity contribution >= 4 is 32.5 Å². The van der Waals surface area contributed by atoms with E-state index in [1.165, 1.54) is 6.08 Å². The summed E-state index contributed by atoms with van der Waals surface area (Å²) in [6.07, 6.45) is 3.39. The van der Waals surface area contributed by atoms with Crippen LogP contribution in [0.1, 0.15) is 12.1 Å². The van der Waals surface area contributed by atoms with Crippen molar-refractivity contribution in [1.29, 1.82) is 0 Å². The maximum atomic E-state index is 9.50. The second-order valence-electron chi connectivity index (χ2n) is 4.20. The van der Waals surface area contributed by atoms with Gasteiger partial charge in [0.2, 0.25) is 0 Å². The van der Waals surface area contributed by atoms with Crippen LogP contribution in [0.3, 0.4) is 0 Å². The van der Waals surface area contributed by atoms with E-state index in [9.17, 15) is 5.11 Å². The molecule has 2 N–H and O–H groups in total. The molecule has 5 heteroatoms. The summed E-state index contributed by atoms with van der Waals surface area (Å²) < 4.78 is 5.96. The Morgan fingerprint density at radius 1 is 1.40 bits per heavy atom. The first-order chi connectivity index (χ1) is 9.61. The van der Waals surface area contributed by atoms with Crippen molar-refractivity contribution < 1.29 is 14.7 Å². The lowest BCUT2D eigenvalue weighted by molar-refractivity contribution is 0.327. The number of aromatic nitrogens is 1. The van der Waals surface area contributed by atoms with Gasteiger partial charge in [-0.25, -0.2) is 0 Å². The third kappa shape index (κ3) is 3.37. The van der Waals surface area contributed by atoms with E-state index in [0.717, 1.165) is 9.87 Å². The number of aliphatic hydroxyl groups excluding tert-OH is 2. The van der Waals surface area contributed by atoms with Gasteiger partial charge < -0.3 is 14.7 Å². The molecule has 4 nitrogen and oxygen atoms in total. The summed E-state index contributed by atoms with van der Waals surface area (Å²) in [7, 11) is 0. The highest BCUT2D eigenvalue weighted by Gasteiger charge is 2.09. The van der Waals surface area contributed by atoms with Gasteiger partial charge in [0, 0.05) is 16.3 Å². The van der Waals surface area contributed by atoms with E-state index < -0.39 is 0 Å². The number of hydrogen-bond donors (Lipinski definition) is 2. The molecule has 104 valence electrons. The van der Waals surface area contributed by atoms with Crippen LogP contribution >= 0.6 is 15.9 Å². The zero-order valence-corrected chi connectivity index (χ0v) is 12.3. The number of allylic oxidation sites excluding steroid dienone is 3. The Morgan fingerprint density at radius 2 is 2.15 bits per heavy atom. The highest BCUT2D eigenvalue weighted by atomic mass is 79.9. The zero-order chi connectivity index (χ0) is 14.5. The van der Waals surface area contributed by atoms with Crippen molar-refractivity contribution in [3.8, 4) is 0 Å². The summed E-state index contributed by atoms with van der Waals surface area (Å²) in [5.74, 6) is 0.0911. The van der Waals surface area contributed by atoms with Gasteiger partial charge >= 0.3 is 0 Å². The summed E-state index contributed by atoms with van der Waals surface area (Å²) in [5.41, 5.74) is 2.05. The molecule has 1 aromatic heterocycles. The number of para-hydroxylation sites is 1. The molecule has 0 aliphatic carbocycles. The lowest BCUT2D eigenvalue weighted by atomic mass is 10.1. The molecule has 1 heterocycles. The molecule has 0 atom stereocenters. The van der Waals surface area contributed by atoms with Crippen LogP contribution in [0, 0.1) is 0 Å². The van der Waals surface area contributed by atoms with Gasteiger partial charge in [0.1, 0.15) is 5.69 Å². The normalized spacial score (nSPS) is 12.9. The van der Waals surface area contributed by atoms with E-state index in [2.05, 4.69) is 27.7 Å². The van der Waals surface area contributed by atoms with Crippen LogP contribution in [0.4, 0.5) is 0 Å². The molecule has 0 unspecified atom stereocenters. The van der Waals surface area contributed by atoms with Crippen molar-refractivity contribution in [2.24, 2.45) is 0 Å². The Balaban J connectivity index is 2.21. The summed E-state index contributed by atoms with van der Waals surface area (Å²) in [6, 6.07) is 7.54. The van der Waals surface area contributed by atoms with Crippen LogP contribution in [0.25, 0.3) is 16.5 Å². The summed E-state index contributed by atoms with van der Waals surface area (Å²) in [4.78, 5) is 0. The topological polar surface area (TPSA) is 66.5 Å². The fraction of sp³-hybridized carbons (Fsp3) is 0.133. The van der Waals surface area contributed by atoms with E-state index in [1.807, 2.05) is 24.3 Å². The second-order valence-corrected chi connectivity index (χ2v) is 5.22. The SMILES string of the molecule is C=C(/C=C(/Br)C/C(O)=C\CO)c1noc2ccccc12. The number of aliphatic hydroxyl groups is 2. The number of rotatable bonds is 5. The number of halogens is 1. The third-order valence-electron chi connectivity index (χ3n) is 2.69. The van der Waals surface area contributed by atoms with Gasteiger partial charge in [-0.2, -0.15) is 0 Å². The average molecular weight is 336 g/mol. The van der Waals surface area contributed by atoms with Gasteiger partial charge in [0.05, 0.1) is 12.4 Å². The summed E-state index contributed by atoms with van der Waals surface area (Å²) >= 11 is 3.36. The molecule has 0 saturated carbocycles. The van der Waals surface area contributed by atoms with Crippen LogP contribution in [-0.4, -0.2) is 22.0 Å². The van der Waals surface area contributed by atoms with Crippen LogP contribution in [-0.2, 0) is 0 Å². The van der Waals surface area contributed by atoms with Gasteiger partial charge in [-0.15, -0.1) is 0 Å². The van der Waals surface area contributed by atoms with Gasteiger partial charge in [-0.3, -0.25) is 0 Å². The Labute approximate surface area is 124 Å². The van der Waals surface area contributed by atoms with Gasteiger partial charge in [0.25, 0.3) is 0 Å². The Bertz CT molecular complexity index is 685. The smallest absolute Gasteiger partial charge is 0.167 e. The first kappa shape index (κ1) is 14.6. The molecule has 0 bridgehead atoms. The maximum absolute atomic E-state index is 9.50. The van der Waals surface area contributed by atoms with Gasteiger partial charge in [-0.05, 0) is 29.9 Å². The van der Waals surface area contributed by atoms with E-state index in [1.54, 1.807) is 6.08 Å². The van der Waals surface area contributed by atoms with Crippen molar-refractivity contribution in [2.75, 3.05) is 6.61 Å². The fourth-order valence-corrected chi connectivity index (χ4v) is 2.34. The molecule has 0 radical (unpaired) electrons. The molecule has 20 heavy (non-hydrogen) atoms. The predicted molar refractivity (Wildman–Crippen MR) is 82.5 cm³/mol. The number of benzene rings is 1. The lowest BCUT2D eigenvalue weighted by Gasteiger charge is -2.00. The molecule has 0 fully saturated rings. The van der Waals surface area contributed by atoms with Crippen molar-refractivity contribution in [3.05, 3.63) is 58.9 Å².